The lowest BCUT2D eigenvalue weighted by Gasteiger charge is -2.11. The van der Waals surface area contributed by atoms with Crippen LogP contribution in [-0.2, 0) is 19.3 Å². The van der Waals surface area contributed by atoms with Gasteiger partial charge in [-0.15, -0.1) is 0 Å². The molecule has 2 aromatic rings. The molecule has 3 rings (SSSR count). The lowest BCUT2D eigenvalue weighted by Crippen LogP contribution is -2.21. The summed E-state index contributed by atoms with van der Waals surface area (Å²) in [5.74, 6) is 0.410. The lowest BCUT2D eigenvalue weighted by atomic mass is 9.99. The van der Waals surface area contributed by atoms with E-state index in [1.54, 1.807) is 12.1 Å². The second kappa shape index (κ2) is 7.75. The van der Waals surface area contributed by atoms with E-state index in [0.29, 0.717) is 11.9 Å². The Bertz CT molecular complexity index is 673. The zero-order valence-corrected chi connectivity index (χ0v) is 14.3. The van der Waals surface area contributed by atoms with E-state index < -0.39 is 0 Å². The van der Waals surface area contributed by atoms with Crippen molar-refractivity contribution in [1.29, 1.82) is 0 Å². The first-order chi connectivity index (χ1) is 11.6. The van der Waals surface area contributed by atoms with E-state index in [4.69, 9.17) is 5.73 Å². The van der Waals surface area contributed by atoms with Crippen LogP contribution in [0.25, 0.3) is 0 Å². The third kappa shape index (κ3) is 4.78. The number of halogens is 1. The van der Waals surface area contributed by atoms with E-state index in [-0.39, 0.29) is 5.82 Å². The molecule has 1 saturated heterocycles. The molecule has 128 valence electrons. The molecule has 0 radical (unpaired) electrons. The number of nitrogens with zero attached hydrogens (tertiary/aromatic N) is 1. The van der Waals surface area contributed by atoms with Crippen LogP contribution in [0.3, 0.4) is 0 Å². The van der Waals surface area contributed by atoms with Gasteiger partial charge in [-0.3, -0.25) is 0 Å². The molecule has 2 heterocycles. The number of aromatic nitrogens is 1. The SMILES string of the molecule is Cc1cc(N)nc(CCc2cc(F)cc(CC[C@H]3CCCN3)c2)c1. The molecule has 1 atom stereocenters. The normalized spacial score (nSPS) is 17.3. The highest BCUT2D eigenvalue weighted by molar-refractivity contribution is 5.34. The summed E-state index contributed by atoms with van der Waals surface area (Å²) < 4.78 is 13.9. The minimum Gasteiger partial charge on any atom is -0.384 e. The molecular formula is C20H26FN3. The number of hydrogen-bond acceptors (Lipinski definition) is 3. The number of hydrogen-bond donors (Lipinski definition) is 2. The first-order valence-electron chi connectivity index (χ1n) is 8.83. The van der Waals surface area contributed by atoms with E-state index in [1.165, 1.54) is 12.8 Å². The summed E-state index contributed by atoms with van der Waals surface area (Å²) in [6.07, 6.45) is 6.06. The molecular weight excluding hydrogens is 301 g/mol. The van der Waals surface area contributed by atoms with E-state index in [2.05, 4.69) is 16.4 Å². The third-order valence-corrected chi connectivity index (χ3v) is 4.67. The van der Waals surface area contributed by atoms with Gasteiger partial charge in [-0.25, -0.2) is 9.37 Å². The average Bonchev–Trinajstić information content (AvgIpc) is 3.03. The minimum atomic E-state index is -0.140. The smallest absolute Gasteiger partial charge is 0.123 e. The van der Waals surface area contributed by atoms with Crippen molar-refractivity contribution in [2.24, 2.45) is 0 Å². The van der Waals surface area contributed by atoms with E-state index in [1.807, 2.05) is 19.1 Å². The van der Waals surface area contributed by atoms with Gasteiger partial charge in [0, 0.05) is 11.7 Å². The summed E-state index contributed by atoms with van der Waals surface area (Å²) in [7, 11) is 0. The van der Waals surface area contributed by atoms with E-state index in [9.17, 15) is 4.39 Å². The Hall–Kier alpha value is -1.94. The number of nitrogens with two attached hydrogens (primary N) is 1. The number of nitrogens with one attached hydrogen (secondary N) is 1. The van der Waals surface area contributed by atoms with Crippen LogP contribution < -0.4 is 11.1 Å². The summed E-state index contributed by atoms with van der Waals surface area (Å²) >= 11 is 0. The molecule has 1 aliphatic rings. The molecule has 0 spiro atoms. The Morgan fingerprint density at radius 2 is 1.92 bits per heavy atom. The second-order valence-electron chi connectivity index (χ2n) is 6.86. The van der Waals surface area contributed by atoms with Crippen LogP contribution in [0.4, 0.5) is 10.2 Å². The van der Waals surface area contributed by atoms with Crippen molar-refractivity contribution < 1.29 is 4.39 Å². The molecule has 1 fully saturated rings. The van der Waals surface area contributed by atoms with Gasteiger partial charge in [0.1, 0.15) is 11.6 Å². The van der Waals surface area contributed by atoms with E-state index >= 15 is 0 Å². The zero-order chi connectivity index (χ0) is 16.9. The molecule has 0 bridgehead atoms. The number of nitrogen functional groups attached to an aromatic ring is 1. The van der Waals surface area contributed by atoms with Crippen LogP contribution in [0, 0.1) is 12.7 Å². The predicted molar refractivity (Wildman–Crippen MR) is 96.5 cm³/mol. The highest BCUT2D eigenvalue weighted by Gasteiger charge is 2.14. The van der Waals surface area contributed by atoms with Crippen molar-refractivity contribution in [2.45, 2.75) is 51.5 Å². The lowest BCUT2D eigenvalue weighted by molar-refractivity contribution is 0.556. The standard InChI is InChI=1S/C20H26FN3/c1-14-9-19(24-20(22)10-14)7-5-16-11-15(12-17(21)13-16)4-6-18-3-2-8-23-18/h9-13,18,23H,2-8H2,1H3,(H2,22,24)/t18-/m1/s1. The van der Waals surface area contributed by atoms with Crippen molar-refractivity contribution in [3.63, 3.8) is 0 Å². The van der Waals surface area contributed by atoms with Crippen molar-refractivity contribution in [2.75, 3.05) is 12.3 Å². The van der Waals surface area contributed by atoms with Gasteiger partial charge in [0.25, 0.3) is 0 Å². The fourth-order valence-corrected chi connectivity index (χ4v) is 3.52. The Morgan fingerprint density at radius 3 is 2.62 bits per heavy atom. The zero-order valence-electron chi connectivity index (χ0n) is 14.3. The van der Waals surface area contributed by atoms with Crippen LogP contribution in [0.2, 0.25) is 0 Å². The van der Waals surface area contributed by atoms with Gasteiger partial charge >= 0.3 is 0 Å². The topological polar surface area (TPSA) is 50.9 Å². The Balaban J connectivity index is 1.62. The van der Waals surface area contributed by atoms with Crippen LogP contribution >= 0.6 is 0 Å². The van der Waals surface area contributed by atoms with Crippen molar-refractivity contribution >= 4 is 5.82 Å². The van der Waals surface area contributed by atoms with Gasteiger partial charge in [-0.1, -0.05) is 6.07 Å². The van der Waals surface area contributed by atoms with Crippen LogP contribution in [0.15, 0.2) is 30.3 Å². The van der Waals surface area contributed by atoms with Crippen molar-refractivity contribution in [3.05, 3.63) is 58.5 Å². The Kier molecular flexibility index (Phi) is 5.46. The summed E-state index contributed by atoms with van der Waals surface area (Å²) in [5, 5.41) is 3.50. The molecule has 24 heavy (non-hydrogen) atoms. The predicted octanol–water partition coefficient (Wildman–Crippen LogP) is 3.58. The molecule has 0 saturated carbocycles. The maximum atomic E-state index is 13.9. The summed E-state index contributed by atoms with van der Waals surface area (Å²) in [5.41, 5.74) is 10.0. The monoisotopic (exact) mass is 327 g/mol. The van der Waals surface area contributed by atoms with Crippen molar-refractivity contribution in [3.8, 4) is 0 Å². The molecule has 0 aliphatic carbocycles. The highest BCUT2D eigenvalue weighted by Crippen LogP contribution is 2.17. The van der Waals surface area contributed by atoms with Gasteiger partial charge in [0.15, 0.2) is 0 Å². The second-order valence-corrected chi connectivity index (χ2v) is 6.86. The van der Waals surface area contributed by atoms with E-state index in [0.717, 1.165) is 54.6 Å². The van der Waals surface area contributed by atoms with Crippen LogP contribution in [0.1, 0.15) is 41.6 Å². The highest BCUT2D eigenvalue weighted by atomic mass is 19.1. The van der Waals surface area contributed by atoms with Crippen molar-refractivity contribution in [1.82, 2.24) is 10.3 Å². The maximum absolute atomic E-state index is 13.9. The fourth-order valence-electron chi connectivity index (χ4n) is 3.52. The molecule has 1 aromatic heterocycles. The summed E-state index contributed by atoms with van der Waals surface area (Å²) in [4.78, 5) is 4.36. The van der Waals surface area contributed by atoms with Crippen LogP contribution in [-0.4, -0.2) is 17.6 Å². The minimum absolute atomic E-state index is 0.140. The van der Waals surface area contributed by atoms with Gasteiger partial charge in [0.05, 0.1) is 0 Å². The molecule has 4 heteroatoms. The van der Waals surface area contributed by atoms with Crippen LogP contribution in [0.5, 0.6) is 0 Å². The van der Waals surface area contributed by atoms with Gasteiger partial charge < -0.3 is 11.1 Å². The molecule has 1 aromatic carbocycles. The number of pyridine rings is 1. The molecule has 0 amide bonds. The van der Waals surface area contributed by atoms with Gasteiger partial charge in [-0.05, 0) is 92.9 Å². The van der Waals surface area contributed by atoms with Gasteiger partial charge in [0.2, 0.25) is 0 Å². The third-order valence-electron chi connectivity index (χ3n) is 4.67. The molecule has 3 nitrogen and oxygen atoms in total. The first kappa shape index (κ1) is 16.9. The number of anilines is 1. The average molecular weight is 327 g/mol. The first-order valence-corrected chi connectivity index (χ1v) is 8.83. The summed E-state index contributed by atoms with van der Waals surface area (Å²) in [6.45, 7) is 3.13. The number of rotatable bonds is 6. The fraction of sp³-hybridized carbons (Fsp3) is 0.450. The maximum Gasteiger partial charge on any atom is 0.123 e. The largest absolute Gasteiger partial charge is 0.384 e. The molecule has 3 N–H and O–H groups in total. The molecule has 1 aliphatic heterocycles. The quantitative estimate of drug-likeness (QED) is 0.852. The van der Waals surface area contributed by atoms with Gasteiger partial charge in [-0.2, -0.15) is 0 Å². The molecule has 0 unspecified atom stereocenters. The summed E-state index contributed by atoms with van der Waals surface area (Å²) in [6, 6.07) is 9.94. The number of benzene rings is 1. The Labute approximate surface area is 143 Å². The Morgan fingerprint density at radius 1 is 1.12 bits per heavy atom. The number of aryl methyl sites for hydroxylation is 4.